The molecular formula is C20H28N6O. The van der Waals surface area contributed by atoms with Crippen molar-refractivity contribution in [2.75, 3.05) is 31.1 Å². The number of carbonyl (C=O) groups excluding carboxylic acids is 1. The summed E-state index contributed by atoms with van der Waals surface area (Å²) >= 11 is 0. The largest absolute Gasteiger partial charge is 0.355 e. The van der Waals surface area contributed by atoms with Gasteiger partial charge in [-0.15, -0.1) is 0 Å². The number of amides is 1. The third-order valence-corrected chi connectivity index (χ3v) is 5.60. The Balaban J connectivity index is 1.52. The Morgan fingerprint density at radius 3 is 2.74 bits per heavy atom. The molecule has 27 heavy (non-hydrogen) atoms. The lowest BCUT2D eigenvalue weighted by atomic mass is 9.97. The van der Waals surface area contributed by atoms with Gasteiger partial charge < -0.3 is 14.4 Å². The highest BCUT2D eigenvalue weighted by Gasteiger charge is 2.27. The van der Waals surface area contributed by atoms with Crippen LogP contribution in [0.2, 0.25) is 0 Å². The van der Waals surface area contributed by atoms with Crippen LogP contribution in [0, 0.1) is 0 Å². The molecule has 1 amide bonds. The van der Waals surface area contributed by atoms with Gasteiger partial charge in [0.05, 0.1) is 12.4 Å². The van der Waals surface area contributed by atoms with Crippen LogP contribution in [-0.2, 0) is 0 Å². The minimum Gasteiger partial charge on any atom is -0.355 e. The van der Waals surface area contributed by atoms with Gasteiger partial charge in [0, 0.05) is 50.5 Å². The first-order valence-electron chi connectivity index (χ1n) is 10.0. The Labute approximate surface area is 160 Å². The van der Waals surface area contributed by atoms with Gasteiger partial charge in [-0.1, -0.05) is 0 Å². The summed E-state index contributed by atoms with van der Waals surface area (Å²) in [4.78, 5) is 30.4. The minimum absolute atomic E-state index is 0.00533. The van der Waals surface area contributed by atoms with Crippen molar-refractivity contribution in [1.82, 2.24) is 24.4 Å². The molecule has 0 radical (unpaired) electrons. The second-order valence-electron chi connectivity index (χ2n) is 7.83. The lowest BCUT2D eigenvalue weighted by molar-refractivity contribution is 0.0786. The highest BCUT2D eigenvalue weighted by atomic mass is 16.2. The highest BCUT2D eigenvalue weighted by molar-refractivity contribution is 5.92. The Kier molecular flexibility index (Phi) is 5.09. The van der Waals surface area contributed by atoms with E-state index in [1.807, 2.05) is 11.1 Å². The standard InChI is InChI=1S/C20H28N6O/c1-15(2)26-11-7-22-19(26)16-6-5-10-25(14-16)18-13-21-12-17(23-18)20(27)24-8-3-4-9-24/h7,11-13,15-16H,3-6,8-10,14H2,1-2H3/t16-/m1/s1. The van der Waals surface area contributed by atoms with E-state index in [2.05, 4.69) is 44.5 Å². The molecular weight excluding hydrogens is 340 g/mol. The fourth-order valence-corrected chi connectivity index (χ4v) is 4.17. The van der Waals surface area contributed by atoms with Crippen molar-refractivity contribution in [2.24, 2.45) is 0 Å². The van der Waals surface area contributed by atoms with E-state index in [1.165, 1.54) is 0 Å². The molecule has 0 aliphatic carbocycles. The third kappa shape index (κ3) is 3.68. The zero-order valence-electron chi connectivity index (χ0n) is 16.2. The van der Waals surface area contributed by atoms with Crippen LogP contribution in [0.15, 0.2) is 24.8 Å². The fraction of sp³-hybridized carbons (Fsp3) is 0.600. The molecule has 1 atom stereocenters. The molecule has 2 saturated heterocycles. The maximum absolute atomic E-state index is 12.6. The van der Waals surface area contributed by atoms with Crippen LogP contribution in [-0.4, -0.2) is 56.5 Å². The first-order valence-corrected chi connectivity index (χ1v) is 10.0. The third-order valence-electron chi connectivity index (χ3n) is 5.60. The molecule has 2 aromatic heterocycles. The van der Waals surface area contributed by atoms with Crippen LogP contribution in [0.1, 0.15) is 67.8 Å². The first kappa shape index (κ1) is 17.9. The molecule has 0 saturated carbocycles. The zero-order valence-corrected chi connectivity index (χ0v) is 16.2. The molecule has 0 bridgehead atoms. The van der Waals surface area contributed by atoms with Crippen LogP contribution < -0.4 is 4.90 Å². The number of aromatic nitrogens is 4. The summed E-state index contributed by atoms with van der Waals surface area (Å²) in [6, 6.07) is 0.402. The van der Waals surface area contributed by atoms with Gasteiger partial charge in [-0.2, -0.15) is 0 Å². The van der Waals surface area contributed by atoms with Crippen molar-refractivity contribution in [3.8, 4) is 0 Å². The molecule has 2 aliphatic rings. The molecule has 0 N–H and O–H groups in total. The summed E-state index contributed by atoms with van der Waals surface area (Å²) in [6.07, 6.45) is 11.7. The van der Waals surface area contributed by atoms with Crippen molar-refractivity contribution in [1.29, 1.82) is 0 Å². The van der Waals surface area contributed by atoms with E-state index in [1.54, 1.807) is 12.4 Å². The molecule has 4 rings (SSSR count). The normalized spacial score (nSPS) is 20.5. The molecule has 7 heteroatoms. The predicted molar refractivity (Wildman–Crippen MR) is 104 cm³/mol. The van der Waals surface area contributed by atoms with E-state index in [4.69, 9.17) is 0 Å². The molecule has 144 valence electrons. The van der Waals surface area contributed by atoms with E-state index in [-0.39, 0.29) is 5.91 Å². The summed E-state index contributed by atoms with van der Waals surface area (Å²) in [5.74, 6) is 2.32. The predicted octanol–water partition coefficient (Wildman–Crippen LogP) is 2.87. The molecule has 0 aromatic carbocycles. The summed E-state index contributed by atoms with van der Waals surface area (Å²) in [5, 5.41) is 0. The maximum atomic E-state index is 12.6. The van der Waals surface area contributed by atoms with Gasteiger partial charge in [0.2, 0.25) is 0 Å². The smallest absolute Gasteiger partial charge is 0.274 e. The Hall–Kier alpha value is -2.44. The maximum Gasteiger partial charge on any atom is 0.274 e. The molecule has 4 heterocycles. The van der Waals surface area contributed by atoms with Crippen molar-refractivity contribution in [3.63, 3.8) is 0 Å². The first-order chi connectivity index (χ1) is 13.1. The number of imidazole rings is 1. The van der Waals surface area contributed by atoms with E-state index in [0.717, 1.165) is 63.5 Å². The fourth-order valence-electron chi connectivity index (χ4n) is 4.17. The van der Waals surface area contributed by atoms with Crippen LogP contribution >= 0.6 is 0 Å². The number of piperidine rings is 1. The summed E-state index contributed by atoms with van der Waals surface area (Å²) < 4.78 is 2.26. The number of hydrogen-bond donors (Lipinski definition) is 0. The van der Waals surface area contributed by atoms with Gasteiger partial charge in [-0.25, -0.2) is 9.97 Å². The van der Waals surface area contributed by atoms with Crippen LogP contribution in [0.25, 0.3) is 0 Å². The van der Waals surface area contributed by atoms with Crippen molar-refractivity contribution < 1.29 is 4.79 Å². The molecule has 2 aliphatic heterocycles. The molecule has 7 nitrogen and oxygen atoms in total. The summed E-state index contributed by atoms with van der Waals surface area (Å²) in [5.41, 5.74) is 0.459. The van der Waals surface area contributed by atoms with Crippen LogP contribution in [0.4, 0.5) is 5.82 Å². The summed E-state index contributed by atoms with van der Waals surface area (Å²) in [7, 11) is 0. The zero-order chi connectivity index (χ0) is 18.8. The molecule has 0 spiro atoms. The van der Waals surface area contributed by atoms with Gasteiger partial charge in [-0.3, -0.25) is 9.78 Å². The quantitative estimate of drug-likeness (QED) is 0.830. The minimum atomic E-state index is 0.00533. The van der Waals surface area contributed by atoms with Crippen molar-refractivity contribution in [3.05, 3.63) is 36.3 Å². The van der Waals surface area contributed by atoms with Gasteiger partial charge in [0.15, 0.2) is 0 Å². The second kappa shape index (κ2) is 7.66. The topological polar surface area (TPSA) is 67.2 Å². The molecule has 0 unspecified atom stereocenters. The van der Waals surface area contributed by atoms with Crippen molar-refractivity contribution >= 4 is 11.7 Å². The van der Waals surface area contributed by atoms with Crippen molar-refractivity contribution in [2.45, 2.75) is 51.5 Å². The Bertz CT molecular complexity index is 795. The number of rotatable bonds is 4. The number of hydrogen-bond acceptors (Lipinski definition) is 5. The SMILES string of the molecule is CC(C)n1ccnc1[C@@H]1CCCN(c2cncc(C(=O)N3CCCC3)n2)C1. The number of carbonyl (C=O) groups is 1. The van der Waals surface area contributed by atoms with E-state index in [9.17, 15) is 4.79 Å². The lowest BCUT2D eigenvalue weighted by Crippen LogP contribution is -2.36. The monoisotopic (exact) mass is 368 g/mol. The average Bonchev–Trinajstić information content (AvgIpc) is 3.39. The number of nitrogens with zero attached hydrogens (tertiary/aromatic N) is 6. The van der Waals surface area contributed by atoms with E-state index < -0.39 is 0 Å². The second-order valence-corrected chi connectivity index (χ2v) is 7.83. The van der Waals surface area contributed by atoms with Gasteiger partial charge in [0.25, 0.3) is 5.91 Å². The van der Waals surface area contributed by atoms with Crippen LogP contribution in [0.3, 0.4) is 0 Å². The van der Waals surface area contributed by atoms with Crippen LogP contribution in [0.5, 0.6) is 0 Å². The Morgan fingerprint density at radius 1 is 1.15 bits per heavy atom. The van der Waals surface area contributed by atoms with E-state index in [0.29, 0.717) is 17.7 Å². The molecule has 2 fully saturated rings. The van der Waals surface area contributed by atoms with Gasteiger partial charge in [0.1, 0.15) is 17.3 Å². The van der Waals surface area contributed by atoms with E-state index >= 15 is 0 Å². The van der Waals surface area contributed by atoms with Gasteiger partial charge in [-0.05, 0) is 39.5 Å². The number of anilines is 1. The summed E-state index contributed by atoms with van der Waals surface area (Å²) in [6.45, 7) is 7.83. The van der Waals surface area contributed by atoms with Gasteiger partial charge >= 0.3 is 0 Å². The number of likely N-dealkylation sites (tertiary alicyclic amines) is 1. The average molecular weight is 368 g/mol. The lowest BCUT2D eigenvalue weighted by Gasteiger charge is -2.33. The highest BCUT2D eigenvalue weighted by Crippen LogP contribution is 2.29. The molecule has 2 aromatic rings. The Morgan fingerprint density at radius 2 is 1.96 bits per heavy atom.